The Morgan fingerprint density at radius 3 is 2.67 bits per heavy atom. The smallest absolute Gasteiger partial charge is 0.417 e. The molecule has 0 aliphatic heterocycles. The molecular formula is C14H16F3NO3. The molecule has 0 aromatic heterocycles. The van der Waals surface area contributed by atoms with Crippen LogP contribution >= 0.6 is 0 Å². The highest BCUT2D eigenvalue weighted by Crippen LogP contribution is 2.33. The number of nitrogens with one attached hydrogen (secondary N) is 1. The minimum atomic E-state index is -4.69. The normalized spacial score (nSPS) is 11.2. The molecule has 116 valence electrons. The number of rotatable bonds is 8. The highest BCUT2D eigenvalue weighted by atomic mass is 19.4. The lowest BCUT2D eigenvalue weighted by atomic mass is 10.1. The number of alkyl halides is 3. The van der Waals surface area contributed by atoms with Crippen LogP contribution in [-0.2, 0) is 10.9 Å². The van der Waals surface area contributed by atoms with Crippen molar-refractivity contribution in [2.24, 2.45) is 0 Å². The van der Waals surface area contributed by atoms with Crippen molar-refractivity contribution in [2.75, 3.05) is 25.1 Å². The van der Waals surface area contributed by atoms with Crippen LogP contribution in [0.25, 0.3) is 0 Å². The maximum absolute atomic E-state index is 12.7. The second kappa shape index (κ2) is 7.68. The molecule has 1 aromatic carbocycles. The van der Waals surface area contributed by atoms with Crippen LogP contribution in [0.15, 0.2) is 30.9 Å². The number of aromatic carboxylic acids is 1. The maximum Gasteiger partial charge on any atom is 0.417 e. The molecule has 0 saturated carbocycles. The van der Waals surface area contributed by atoms with Crippen molar-refractivity contribution >= 4 is 11.7 Å². The van der Waals surface area contributed by atoms with Gasteiger partial charge in [-0.1, -0.05) is 6.08 Å². The second-order valence-corrected chi connectivity index (χ2v) is 4.18. The van der Waals surface area contributed by atoms with Crippen LogP contribution in [0, 0.1) is 0 Å². The molecular weight excluding hydrogens is 287 g/mol. The molecule has 0 amide bonds. The lowest BCUT2D eigenvalue weighted by Gasteiger charge is -2.13. The maximum atomic E-state index is 12.7. The van der Waals surface area contributed by atoms with E-state index in [2.05, 4.69) is 11.9 Å². The summed E-state index contributed by atoms with van der Waals surface area (Å²) in [4.78, 5) is 10.9. The topological polar surface area (TPSA) is 58.6 Å². The van der Waals surface area contributed by atoms with E-state index in [0.717, 1.165) is 12.1 Å². The van der Waals surface area contributed by atoms with Crippen molar-refractivity contribution in [3.63, 3.8) is 0 Å². The average molecular weight is 303 g/mol. The highest BCUT2D eigenvalue weighted by molar-refractivity contribution is 5.91. The number of hydrogen-bond acceptors (Lipinski definition) is 3. The molecule has 0 atom stereocenters. The van der Waals surface area contributed by atoms with Gasteiger partial charge in [-0.2, -0.15) is 13.2 Å². The molecule has 0 saturated heterocycles. The van der Waals surface area contributed by atoms with Crippen molar-refractivity contribution in [2.45, 2.75) is 12.6 Å². The molecule has 4 nitrogen and oxygen atoms in total. The van der Waals surface area contributed by atoms with E-state index < -0.39 is 23.3 Å². The van der Waals surface area contributed by atoms with Gasteiger partial charge in [-0.25, -0.2) is 4.79 Å². The summed E-state index contributed by atoms with van der Waals surface area (Å²) in [5.41, 5.74) is -1.64. The molecule has 21 heavy (non-hydrogen) atoms. The van der Waals surface area contributed by atoms with Crippen molar-refractivity contribution in [3.8, 4) is 0 Å². The first-order valence-corrected chi connectivity index (χ1v) is 6.23. The molecule has 0 fully saturated rings. The van der Waals surface area contributed by atoms with Gasteiger partial charge in [0.1, 0.15) is 0 Å². The SMILES string of the molecule is C=CCCOCCNc1ccc(C(F)(F)F)c(C(=O)O)c1. The Morgan fingerprint density at radius 1 is 1.38 bits per heavy atom. The molecule has 1 aromatic rings. The van der Waals surface area contributed by atoms with E-state index in [1.807, 2.05) is 0 Å². The predicted octanol–water partition coefficient (Wildman–Crippen LogP) is 3.41. The Kier molecular flexibility index (Phi) is 6.23. The van der Waals surface area contributed by atoms with Gasteiger partial charge in [0.05, 0.1) is 24.3 Å². The molecule has 0 aliphatic carbocycles. The summed E-state index contributed by atoms with van der Waals surface area (Å²) in [7, 11) is 0. The third kappa shape index (κ3) is 5.47. The van der Waals surface area contributed by atoms with Crippen LogP contribution in [-0.4, -0.2) is 30.8 Å². The number of carbonyl (C=O) groups is 1. The molecule has 0 bridgehead atoms. The van der Waals surface area contributed by atoms with Gasteiger partial charge in [-0.3, -0.25) is 0 Å². The summed E-state index contributed by atoms with van der Waals surface area (Å²) >= 11 is 0. The molecule has 0 heterocycles. The zero-order valence-corrected chi connectivity index (χ0v) is 11.2. The summed E-state index contributed by atoms with van der Waals surface area (Å²) in [6, 6.07) is 2.91. The molecule has 0 unspecified atom stereocenters. The number of anilines is 1. The van der Waals surface area contributed by atoms with Crippen LogP contribution in [0.4, 0.5) is 18.9 Å². The monoisotopic (exact) mass is 303 g/mol. The fourth-order valence-corrected chi connectivity index (χ4v) is 1.61. The van der Waals surface area contributed by atoms with Gasteiger partial charge in [0, 0.05) is 12.2 Å². The summed E-state index contributed by atoms with van der Waals surface area (Å²) in [6.07, 6.45) is -2.27. The Hall–Kier alpha value is -2.02. The van der Waals surface area contributed by atoms with Crippen molar-refractivity contribution in [3.05, 3.63) is 42.0 Å². The Labute approximate surface area is 120 Å². The van der Waals surface area contributed by atoms with Gasteiger partial charge in [0.25, 0.3) is 0 Å². The quantitative estimate of drug-likeness (QED) is 0.571. The minimum absolute atomic E-state index is 0.299. The van der Waals surface area contributed by atoms with E-state index >= 15 is 0 Å². The summed E-state index contributed by atoms with van der Waals surface area (Å²) in [6.45, 7) is 4.77. The Morgan fingerprint density at radius 2 is 2.10 bits per heavy atom. The second-order valence-electron chi connectivity index (χ2n) is 4.18. The van der Waals surface area contributed by atoms with E-state index in [1.54, 1.807) is 6.08 Å². The average Bonchev–Trinajstić information content (AvgIpc) is 2.41. The standard InChI is InChI=1S/C14H16F3NO3/c1-2-3-7-21-8-6-18-10-4-5-12(14(15,16)17)11(9-10)13(19)20/h2,4-5,9,18H,1,3,6-8H2,(H,19,20). The van der Waals surface area contributed by atoms with Crippen LogP contribution < -0.4 is 5.32 Å². The fraction of sp³-hybridized carbons (Fsp3) is 0.357. The number of halogens is 3. The highest BCUT2D eigenvalue weighted by Gasteiger charge is 2.35. The van der Waals surface area contributed by atoms with E-state index in [4.69, 9.17) is 9.84 Å². The molecule has 2 N–H and O–H groups in total. The number of benzene rings is 1. The fourth-order valence-electron chi connectivity index (χ4n) is 1.61. The van der Waals surface area contributed by atoms with Crippen LogP contribution in [0.5, 0.6) is 0 Å². The molecule has 0 aliphatic rings. The third-order valence-electron chi connectivity index (χ3n) is 2.60. The van der Waals surface area contributed by atoms with Gasteiger partial charge >= 0.3 is 12.1 Å². The van der Waals surface area contributed by atoms with Gasteiger partial charge in [0.2, 0.25) is 0 Å². The zero-order valence-electron chi connectivity index (χ0n) is 11.2. The van der Waals surface area contributed by atoms with E-state index in [1.165, 1.54) is 6.07 Å². The lowest BCUT2D eigenvalue weighted by molar-refractivity contribution is -0.138. The Balaban J connectivity index is 2.67. The Bertz CT molecular complexity index is 501. The van der Waals surface area contributed by atoms with E-state index in [0.29, 0.717) is 31.9 Å². The zero-order chi connectivity index (χ0) is 15.9. The lowest BCUT2D eigenvalue weighted by Crippen LogP contribution is -2.15. The molecule has 1 rings (SSSR count). The van der Waals surface area contributed by atoms with Gasteiger partial charge < -0.3 is 15.2 Å². The van der Waals surface area contributed by atoms with Crippen LogP contribution in [0.1, 0.15) is 22.3 Å². The van der Waals surface area contributed by atoms with Crippen molar-refractivity contribution in [1.29, 1.82) is 0 Å². The number of carboxylic acid groups (broad SMARTS) is 1. The van der Waals surface area contributed by atoms with E-state index in [9.17, 15) is 18.0 Å². The first kappa shape index (κ1) is 17.0. The minimum Gasteiger partial charge on any atom is -0.478 e. The van der Waals surface area contributed by atoms with Crippen LogP contribution in [0.3, 0.4) is 0 Å². The number of hydrogen-bond donors (Lipinski definition) is 2. The largest absolute Gasteiger partial charge is 0.478 e. The van der Waals surface area contributed by atoms with Gasteiger partial charge in [0.15, 0.2) is 0 Å². The van der Waals surface area contributed by atoms with E-state index in [-0.39, 0.29) is 0 Å². The van der Waals surface area contributed by atoms with Gasteiger partial charge in [-0.15, -0.1) is 6.58 Å². The molecule has 0 radical (unpaired) electrons. The molecule has 0 spiro atoms. The van der Waals surface area contributed by atoms with Crippen molar-refractivity contribution in [1.82, 2.24) is 0 Å². The number of carboxylic acids is 1. The first-order chi connectivity index (χ1) is 9.86. The predicted molar refractivity (Wildman–Crippen MR) is 72.5 cm³/mol. The third-order valence-corrected chi connectivity index (χ3v) is 2.60. The summed E-state index contributed by atoms with van der Waals surface area (Å²) in [5, 5.41) is 11.7. The number of ether oxygens (including phenoxy) is 1. The first-order valence-electron chi connectivity index (χ1n) is 6.23. The summed E-state index contributed by atoms with van der Waals surface area (Å²) in [5.74, 6) is -1.62. The summed E-state index contributed by atoms with van der Waals surface area (Å²) < 4.78 is 43.2. The van der Waals surface area contributed by atoms with Crippen LogP contribution in [0.2, 0.25) is 0 Å². The van der Waals surface area contributed by atoms with Crippen molar-refractivity contribution < 1.29 is 27.8 Å². The molecule has 7 heteroatoms. The van der Waals surface area contributed by atoms with Gasteiger partial charge in [-0.05, 0) is 24.6 Å².